The smallest absolute Gasteiger partial charge is 0.124 e. The van der Waals surface area contributed by atoms with Crippen LogP contribution in [-0.2, 0) is 13.5 Å². The lowest BCUT2D eigenvalue weighted by Crippen LogP contribution is -2.22. The number of hydrogen-bond acceptors (Lipinski definition) is 2. The number of hydrogen-bond donors (Lipinski definition) is 1. The largest absolute Gasteiger partial charge is 0.367 e. The van der Waals surface area contributed by atoms with Crippen LogP contribution in [0, 0.1) is 5.92 Å². The maximum atomic E-state index is 4.52. The minimum atomic E-state index is 0.643. The molecule has 1 atom stereocenters. The van der Waals surface area contributed by atoms with E-state index in [0.29, 0.717) is 6.04 Å². The fourth-order valence-corrected chi connectivity index (χ4v) is 2.28. The summed E-state index contributed by atoms with van der Waals surface area (Å²) in [5.41, 5.74) is 1.21. The molecule has 1 aromatic rings. The fraction of sp³-hybridized carbons (Fsp3) is 0.769. The second-order valence-corrected chi connectivity index (χ2v) is 4.89. The van der Waals surface area contributed by atoms with Gasteiger partial charge in [-0.05, 0) is 31.6 Å². The molecule has 1 unspecified atom stereocenters. The van der Waals surface area contributed by atoms with Crippen LogP contribution < -0.4 is 5.32 Å². The zero-order valence-electron chi connectivity index (χ0n) is 10.7. The van der Waals surface area contributed by atoms with Crippen LogP contribution >= 0.6 is 0 Å². The lowest BCUT2D eigenvalue weighted by Gasteiger charge is -2.17. The van der Waals surface area contributed by atoms with E-state index in [4.69, 9.17) is 0 Å². The molecule has 0 aliphatic heterocycles. The first kappa shape index (κ1) is 11.5. The van der Waals surface area contributed by atoms with Crippen molar-refractivity contribution in [3.05, 3.63) is 11.8 Å². The predicted molar refractivity (Wildman–Crippen MR) is 67.6 cm³/mol. The molecule has 16 heavy (non-hydrogen) atoms. The van der Waals surface area contributed by atoms with Crippen LogP contribution in [0.15, 0.2) is 6.07 Å². The molecule has 1 aliphatic rings. The highest BCUT2D eigenvalue weighted by Gasteiger charge is 2.30. The number of nitrogens with one attached hydrogen (secondary N) is 1. The van der Waals surface area contributed by atoms with Gasteiger partial charge in [-0.25, -0.2) is 0 Å². The average Bonchev–Trinajstić information content (AvgIpc) is 3.03. The standard InChI is InChI=1S/C13H23N3/c1-4-6-11-9-13(16(3)15-11)14-12(5-2)10-7-8-10/h9-10,12,14H,4-8H2,1-3H3. The fourth-order valence-electron chi connectivity index (χ4n) is 2.28. The van der Waals surface area contributed by atoms with Gasteiger partial charge in [0.15, 0.2) is 0 Å². The van der Waals surface area contributed by atoms with Gasteiger partial charge in [0.25, 0.3) is 0 Å². The van der Waals surface area contributed by atoms with Gasteiger partial charge in [-0.1, -0.05) is 20.3 Å². The maximum absolute atomic E-state index is 4.52. The molecular formula is C13H23N3. The quantitative estimate of drug-likeness (QED) is 0.800. The third-order valence-corrected chi connectivity index (χ3v) is 3.40. The third-order valence-electron chi connectivity index (χ3n) is 3.40. The Morgan fingerprint density at radius 1 is 1.50 bits per heavy atom. The lowest BCUT2D eigenvalue weighted by molar-refractivity contribution is 0.604. The van der Waals surface area contributed by atoms with Gasteiger partial charge in [0, 0.05) is 19.2 Å². The Hall–Kier alpha value is -0.990. The van der Waals surface area contributed by atoms with Gasteiger partial charge in [0.1, 0.15) is 5.82 Å². The number of aromatic nitrogens is 2. The average molecular weight is 221 g/mol. The molecule has 0 radical (unpaired) electrons. The van der Waals surface area contributed by atoms with E-state index in [2.05, 4.69) is 30.3 Å². The first-order chi connectivity index (χ1) is 7.74. The molecule has 3 heteroatoms. The molecule has 0 bridgehead atoms. The normalized spacial score (nSPS) is 17.4. The molecule has 2 rings (SSSR count). The van der Waals surface area contributed by atoms with E-state index < -0.39 is 0 Å². The van der Waals surface area contributed by atoms with Crippen LogP contribution in [0.25, 0.3) is 0 Å². The van der Waals surface area contributed by atoms with Crippen LogP contribution in [0.2, 0.25) is 0 Å². The van der Waals surface area contributed by atoms with Crippen molar-refractivity contribution in [2.45, 2.75) is 52.0 Å². The van der Waals surface area contributed by atoms with E-state index in [1.807, 2.05) is 11.7 Å². The molecule has 90 valence electrons. The minimum absolute atomic E-state index is 0.643. The van der Waals surface area contributed by atoms with E-state index in [1.54, 1.807) is 0 Å². The SMILES string of the molecule is CCCc1cc(NC(CC)C2CC2)n(C)n1. The van der Waals surface area contributed by atoms with Gasteiger partial charge in [0.05, 0.1) is 5.69 Å². The molecule has 0 saturated heterocycles. The molecule has 1 aliphatic carbocycles. The number of aryl methyl sites for hydroxylation is 2. The van der Waals surface area contributed by atoms with Crippen molar-refractivity contribution in [1.82, 2.24) is 9.78 Å². The maximum Gasteiger partial charge on any atom is 0.124 e. The summed E-state index contributed by atoms with van der Waals surface area (Å²) in [5.74, 6) is 2.08. The summed E-state index contributed by atoms with van der Waals surface area (Å²) < 4.78 is 1.98. The van der Waals surface area contributed by atoms with Crippen molar-refractivity contribution < 1.29 is 0 Å². The zero-order chi connectivity index (χ0) is 11.5. The Kier molecular flexibility index (Phi) is 3.52. The van der Waals surface area contributed by atoms with Gasteiger partial charge in [0.2, 0.25) is 0 Å². The highest BCUT2D eigenvalue weighted by atomic mass is 15.3. The van der Waals surface area contributed by atoms with E-state index in [0.717, 1.165) is 18.8 Å². The highest BCUT2D eigenvalue weighted by molar-refractivity contribution is 5.38. The minimum Gasteiger partial charge on any atom is -0.367 e. The summed E-state index contributed by atoms with van der Waals surface area (Å²) in [6, 6.07) is 2.85. The molecule has 1 saturated carbocycles. The van der Waals surface area contributed by atoms with Crippen LogP contribution in [0.3, 0.4) is 0 Å². The zero-order valence-corrected chi connectivity index (χ0v) is 10.7. The number of rotatable bonds is 6. The topological polar surface area (TPSA) is 29.9 Å². The Labute approximate surface area is 98.2 Å². The predicted octanol–water partition coefficient (Wildman–Crippen LogP) is 2.97. The second kappa shape index (κ2) is 4.89. The molecular weight excluding hydrogens is 198 g/mol. The van der Waals surface area contributed by atoms with Crippen molar-refractivity contribution in [2.75, 3.05) is 5.32 Å². The Morgan fingerprint density at radius 2 is 2.25 bits per heavy atom. The summed E-state index contributed by atoms with van der Waals surface area (Å²) in [6.45, 7) is 4.46. The van der Waals surface area contributed by atoms with E-state index in [1.165, 1.54) is 30.8 Å². The molecule has 0 spiro atoms. The van der Waals surface area contributed by atoms with Crippen molar-refractivity contribution in [2.24, 2.45) is 13.0 Å². The first-order valence-electron chi connectivity index (χ1n) is 6.54. The van der Waals surface area contributed by atoms with Gasteiger partial charge in [-0.3, -0.25) is 4.68 Å². The second-order valence-electron chi connectivity index (χ2n) is 4.89. The van der Waals surface area contributed by atoms with E-state index >= 15 is 0 Å². The lowest BCUT2D eigenvalue weighted by atomic mass is 10.1. The van der Waals surface area contributed by atoms with Crippen molar-refractivity contribution >= 4 is 5.82 Å². The van der Waals surface area contributed by atoms with Gasteiger partial charge < -0.3 is 5.32 Å². The number of anilines is 1. The van der Waals surface area contributed by atoms with Crippen LogP contribution in [0.1, 0.15) is 45.2 Å². The van der Waals surface area contributed by atoms with Gasteiger partial charge in [-0.2, -0.15) is 5.10 Å². The summed E-state index contributed by atoms with van der Waals surface area (Å²) in [4.78, 5) is 0. The molecule has 1 aromatic heterocycles. The van der Waals surface area contributed by atoms with Crippen molar-refractivity contribution in [3.63, 3.8) is 0 Å². The number of nitrogens with zero attached hydrogens (tertiary/aromatic N) is 2. The molecule has 3 nitrogen and oxygen atoms in total. The molecule has 0 amide bonds. The summed E-state index contributed by atoms with van der Waals surface area (Å²) in [7, 11) is 2.03. The molecule has 1 heterocycles. The summed E-state index contributed by atoms with van der Waals surface area (Å²) in [6.07, 6.45) is 6.24. The van der Waals surface area contributed by atoms with Crippen LogP contribution in [0.5, 0.6) is 0 Å². The first-order valence-corrected chi connectivity index (χ1v) is 6.54. The summed E-state index contributed by atoms with van der Waals surface area (Å²) in [5, 5.41) is 8.16. The molecule has 1 N–H and O–H groups in total. The Balaban J connectivity index is 2.01. The highest BCUT2D eigenvalue weighted by Crippen LogP contribution is 2.35. The molecule has 1 fully saturated rings. The van der Waals surface area contributed by atoms with Crippen LogP contribution in [0.4, 0.5) is 5.82 Å². The Bertz CT molecular complexity index is 339. The van der Waals surface area contributed by atoms with Crippen molar-refractivity contribution in [1.29, 1.82) is 0 Å². The van der Waals surface area contributed by atoms with Gasteiger partial charge in [-0.15, -0.1) is 0 Å². The van der Waals surface area contributed by atoms with E-state index in [-0.39, 0.29) is 0 Å². The van der Waals surface area contributed by atoms with Crippen molar-refractivity contribution in [3.8, 4) is 0 Å². The summed E-state index contributed by atoms with van der Waals surface area (Å²) >= 11 is 0. The Morgan fingerprint density at radius 3 is 2.81 bits per heavy atom. The monoisotopic (exact) mass is 221 g/mol. The van der Waals surface area contributed by atoms with E-state index in [9.17, 15) is 0 Å². The van der Waals surface area contributed by atoms with Crippen LogP contribution in [-0.4, -0.2) is 15.8 Å². The third kappa shape index (κ3) is 2.57. The van der Waals surface area contributed by atoms with Gasteiger partial charge >= 0.3 is 0 Å². The molecule has 0 aromatic carbocycles.